The second kappa shape index (κ2) is 5.85. The number of rotatable bonds is 2. The first kappa shape index (κ1) is 14.2. The van der Waals surface area contributed by atoms with Crippen LogP contribution >= 0.6 is 27.7 Å². The van der Waals surface area contributed by atoms with Crippen molar-refractivity contribution in [3.63, 3.8) is 0 Å². The molecule has 3 unspecified atom stereocenters. The number of hydrogen-bond donors (Lipinski definition) is 1. The fourth-order valence-electron chi connectivity index (χ4n) is 2.55. The van der Waals surface area contributed by atoms with Gasteiger partial charge in [-0.15, -0.1) is 0 Å². The van der Waals surface area contributed by atoms with Crippen molar-refractivity contribution in [2.45, 2.75) is 37.3 Å². The SMILES string of the molecule is CC1CN(c2cc(Br)ccc2C(C)N)CC(C)S1. The van der Waals surface area contributed by atoms with Crippen molar-refractivity contribution < 1.29 is 0 Å². The molecule has 0 radical (unpaired) electrons. The largest absolute Gasteiger partial charge is 0.369 e. The van der Waals surface area contributed by atoms with E-state index in [9.17, 15) is 0 Å². The van der Waals surface area contributed by atoms with Gasteiger partial charge in [0.1, 0.15) is 0 Å². The lowest BCUT2D eigenvalue weighted by molar-refractivity contribution is 0.714. The Hall–Kier alpha value is -0.190. The molecule has 2 N–H and O–H groups in total. The molecule has 0 saturated carbocycles. The van der Waals surface area contributed by atoms with Crippen LogP contribution in [0, 0.1) is 0 Å². The van der Waals surface area contributed by atoms with Crippen LogP contribution in [0.3, 0.4) is 0 Å². The van der Waals surface area contributed by atoms with Crippen molar-refractivity contribution in [3.05, 3.63) is 28.2 Å². The van der Waals surface area contributed by atoms with Gasteiger partial charge in [-0.05, 0) is 24.6 Å². The number of thioether (sulfide) groups is 1. The smallest absolute Gasteiger partial charge is 0.0426 e. The van der Waals surface area contributed by atoms with Crippen LogP contribution in [0.25, 0.3) is 0 Å². The molecule has 1 saturated heterocycles. The number of hydrogen-bond acceptors (Lipinski definition) is 3. The monoisotopic (exact) mass is 328 g/mol. The Bertz CT molecular complexity index is 412. The van der Waals surface area contributed by atoms with E-state index >= 15 is 0 Å². The van der Waals surface area contributed by atoms with E-state index < -0.39 is 0 Å². The fraction of sp³-hybridized carbons (Fsp3) is 0.571. The third kappa shape index (κ3) is 3.22. The third-order valence-electron chi connectivity index (χ3n) is 3.24. The van der Waals surface area contributed by atoms with E-state index in [0.717, 1.165) is 17.6 Å². The van der Waals surface area contributed by atoms with Crippen LogP contribution in [-0.2, 0) is 0 Å². The molecule has 4 heteroatoms. The summed E-state index contributed by atoms with van der Waals surface area (Å²) < 4.78 is 1.13. The number of anilines is 1. The van der Waals surface area contributed by atoms with Gasteiger partial charge in [-0.25, -0.2) is 0 Å². The molecule has 1 aliphatic rings. The Balaban J connectivity index is 2.33. The highest BCUT2D eigenvalue weighted by molar-refractivity contribution is 9.10. The van der Waals surface area contributed by atoms with Crippen LogP contribution in [0.5, 0.6) is 0 Å². The Morgan fingerprint density at radius 1 is 1.33 bits per heavy atom. The maximum Gasteiger partial charge on any atom is 0.0426 e. The lowest BCUT2D eigenvalue weighted by Crippen LogP contribution is -2.41. The van der Waals surface area contributed by atoms with Gasteiger partial charge in [0, 0.05) is 39.8 Å². The molecule has 0 amide bonds. The summed E-state index contributed by atoms with van der Waals surface area (Å²) in [4.78, 5) is 2.48. The van der Waals surface area contributed by atoms with Gasteiger partial charge in [-0.1, -0.05) is 35.8 Å². The highest BCUT2D eigenvalue weighted by Gasteiger charge is 2.24. The number of nitrogens with zero attached hydrogens (tertiary/aromatic N) is 1. The number of benzene rings is 1. The molecule has 0 bridgehead atoms. The van der Waals surface area contributed by atoms with Crippen LogP contribution in [-0.4, -0.2) is 23.6 Å². The molecular weight excluding hydrogens is 308 g/mol. The van der Waals surface area contributed by atoms with Crippen molar-refractivity contribution in [3.8, 4) is 0 Å². The Morgan fingerprint density at radius 3 is 2.50 bits per heavy atom. The van der Waals surface area contributed by atoms with E-state index in [1.807, 2.05) is 0 Å². The van der Waals surface area contributed by atoms with Crippen molar-refractivity contribution in [1.82, 2.24) is 0 Å². The van der Waals surface area contributed by atoms with Gasteiger partial charge in [0.2, 0.25) is 0 Å². The van der Waals surface area contributed by atoms with E-state index in [2.05, 4.69) is 71.6 Å². The minimum atomic E-state index is 0.0771. The maximum absolute atomic E-state index is 6.09. The van der Waals surface area contributed by atoms with Gasteiger partial charge < -0.3 is 10.6 Å². The zero-order valence-electron chi connectivity index (χ0n) is 11.2. The van der Waals surface area contributed by atoms with E-state index in [-0.39, 0.29) is 6.04 Å². The summed E-state index contributed by atoms with van der Waals surface area (Å²) in [6.07, 6.45) is 0. The van der Waals surface area contributed by atoms with Gasteiger partial charge in [-0.2, -0.15) is 11.8 Å². The standard InChI is InChI=1S/C14H21BrN2S/c1-9-7-17(8-10(2)18-9)14-6-12(15)4-5-13(14)11(3)16/h4-6,9-11H,7-8,16H2,1-3H3. The molecule has 2 rings (SSSR count). The molecule has 1 aromatic carbocycles. The summed E-state index contributed by atoms with van der Waals surface area (Å²) >= 11 is 5.64. The highest BCUT2D eigenvalue weighted by Crippen LogP contribution is 2.34. The average molecular weight is 329 g/mol. The van der Waals surface area contributed by atoms with Gasteiger partial charge in [0.25, 0.3) is 0 Å². The first-order valence-electron chi connectivity index (χ1n) is 6.43. The van der Waals surface area contributed by atoms with E-state index in [1.165, 1.54) is 11.3 Å². The van der Waals surface area contributed by atoms with Crippen molar-refractivity contribution in [2.24, 2.45) is 5.73 Å². The second-order valence-corrected chi connectivity index (χ2v) is 7.95. The van der Waals surface area contributed by atoms with Gasteiger partial charge >= 0.3 is 0 Å². The van der Waals surface area contributed by atoms with Crippen LogP contribution in [0.4, 0.5) is 5.69 Å². The highest BCUT2D eigenvalue weighted by atomic mass is 79.9. The summed E-state index contributed by atoms with van der Waals surface area (Å²) in [6, 6.07) is 6.50. The van der Waals surface area contributed by atoms with E-state index in [4.69, 9.17) is 5.73 Å². The Kier molecular flexibility index (Phi) is 4.62. The number of halogens is 1. The minimum Gasteiger partial charge on any atom is -0.369 e. The van der Waals surface area contributed by atoms with Crippen LogP contribution in [0.2, 0.25) is 0 Å². The molecule has 0 spiro atoms. The minimum absolute atomic E-state index is 0.0771. The molecule has 1 fully saturated rings. The molecule has 1 aromatic rings. The van der Waals surface area contributed by atoms with Gasteiger partial charge in [0.15, 0.2) is 0 Å². The van der Waals surface area contributed by atoms with Crippen LogP contribution < -0.4 is 10.6 Å². The Morgan fingerprint density at radius 2 is 1.94 bits per heavy atom. The third-order valence-corrected chi connectivity index (χ3v) is 4.96. The van der Waals surface area contributed by atoms with E-state index in [1.54, 1.807) is 0 Å². The summed E-state index contributed by atoms with van der Waals surface area (Å²) in [6.45, 7) is 8.86. The first-order valence-corrected chi connectivity index (χ1v) is 8.16. The molecule has 1 aliphatic heterocycles. The second-order valence-electron chi connectivity index (χ2n) is 5.15. The summed E-state index contributed by atoms with van der Waals surface area (Å²) in [5.74, 6) is 0. The molecule has 18 heavy (non-hydrogen) atoms. The van der Waals surface area contributed by atoms with Gasteiger partial charge in [0.05, 0.1) is 0 Å². The summed E-state index contributed by atoms with van der Waals surface area (Å²) in [5.41, 5.74) is 8.62. The van der Waals surface area contributed by atoms with Crippen molar-refractivity contribution in [1.29, 1.82) is 0 Å². The van der Waals surface area contributed by atoms with Crippen molar-refractivity contribution >= 4 is 33.4 Å². The molecule has 0 aliphatic carbocycles. The average Bonchev–Trinajstić information content (AvgIpc) is 2.27. The molecule has 2 nitrogen and oxygen atoms in total. The quantitative estimate of drug-likeness (QED) is 0.895. The molecular formula is C14H21BrN2S. The van der Waals surface area contributed by atoms with Crippen LogP contribution in [0.15, 0.2) is 22.7 Å². The fourth-order valence-corrected chi connectivity index (χ4v) is 4.22. The lowest BCUT2D eigenvalue weighted by atomic mass is 10.1. The predicted octanol–water partition coefficient (Wildman–Crippen LogP) is 3.80. The van der Waals surface area contributed by atoms with Gasteiger partial charge in [-0.3, -0.25) is 0 Å². The summed E-state index contributed by atoms with van der Waals surface area (Å²) in [7, 11) is 0. The molecule has 3 atom stereocenters. The molecule has 100 valence electrons. The topological polar surface area (TPSA) is 29.3 Å². The van der Waals surface area contributed by atoms with Crippen molar-refractivity contribution in [2.75, 3.05) is 18.0 Å². The number of nitrogens with two attached hydrogens (primary N) is 1. The first-order chi connectivity index (χ1) is 8.47. The molecule has 0 aromatic heterocycles. The maximum atomic E-state index is 6.09. The zero-order chi connectivity index (χ0) is 13.3. The predicted molar refractivity (Wildman–Crippen MR) is 85.5 cm³/mol. The normalized spacial score (nSPS) is 26.2. The lowest BCUT2D eigenvalue weighted by Gasteiger charge is -2.37. The zero-order valence-corrected chi connectivity index (χ0v) is 13.6. The summed E-state index contributed by atoms with van der Waals surface area (Å²) in [5, 5.41) is 1.35. The Labute approximate surface area is 122 Å². The van der Waals surface area contributed by atoms with E-state index in [0.29, 0.717) is 10.5 Å². The molecule has 1 heterocycles. The van der Waals surface area contributed by atoms with Crippen LogP contribution in [0.1, 0.15) is 32.4 Å².